The molecule has 3 rings (SSSR count). The molecule has 9 heteroatoms. The SMILES string of the molecule is CCn1ccc(CN(C)C(=O)c2ccn(Cn3nc(C)c(Cl)c3C)n2)n1. The maximum Gasteiger partial charge on any atom is 0.274 e. The summed E-state index contributed by atoms with van der Waals surface area (Å²) in [6, 6.07) is 3.62. The molecular weight excluding hydrogens is 354 g/mol. The van der Waals surface area contributed by atoms with Crippen LogP contribution in [0.15, 0.2) is 24.5 Å². The summed E-state index contributed by atoms with van der Waals surface area (Å²) in [5.41, 5.74) is 2.88. The summed E-state index contributed by atoms with van der Waals surface area (Å²) < 4.78 is 5.27. The first-order valence-electron chi connectivity index (χ1n) is 8.39. The van der Waals surface area contributed by atoms with Crippen LogP contribution in [0.3, 0.4) is 0 Å². The summed E-state index contributed by atoms with van der Waals surface area (Å²) in [5, 5.41) is 13.8. The molecule has 0 aliphatic carbocycles. The maximum absolute atomic E-state index is 12.6. The topological polar surface area (TPSA) is 73.8 Å². The van der Waals surface area contributed by atoms with Gasteiger partial charge in [-0.2, -0.15) is 15.3 Å². The van der Waals surface area contributed by atoms with Gasteiger partial charge in [-0.3, -0.25) is 14.2 Å². The van der Waals surface area contributed by atoms with Gasteiger partial charge in [0.1, 0.15) is 12.4 Å². The van der Waals surface area contributed by atoms with Gasteiger partial charge in [-0.15, -0.1) is 0 Å². The van der Waals surface area contributed by atoms with Crippen molar-refractivity contribution >= 4 is 17.5 Å². The molecule has 0 fully saturated rings. The van der Waals surface area contributed by atoms with Gasteiger partial charge in [-0.05, 0) is 32.9 Å². The van der Waals surface area contributed by atoms with Gasteiger partial charge in [0.25, 0.3) is 5.91 Å². The Morgan fingerprint density at radius 3 is 2.50 bits per heavy atom. The molecule has 0 aliphatic heterocycles. The second-order valence-corrected chi connectivity index (χ2v) is 6.57. The van der Waals surface area contributed by atoms with Crippen molar-refractivity contribution in [2.75, 3.05) is 7.05 Å². The molecule has 0 N–H and O–H groups in total. The van der Waals surface area contributed by atoms with Gasteiger partial charge in [-0.25, -0.2) is 4.68 Å². The van der Waals surface area contributed by atoms with E-state index in [0.717, 1.165) is 23.6 Å². The lowest BCUT2D eigenvalue weighted by Gasteiger charge is -2.14. The van der Waals surface area contributed by atoms with Crippen LogP contribution in [0.2, 0.25) is 5.02 Å². The van der Waals surface area contributed by atoms with Crippen LogP contribution in [-0.2, 0) is 19.8 Å². The molecule has 0 bridgehead atoms. The third kappa shape index (κ3) is 3.65. The largest absolute Gasteiger partial charge is 0.334 e. The highest BCUT2D eigenvalue weighted by Gasteiger charge is 2.17. The highest BCUT2D eigenvalue weighted by Crippen LogP contribution is 2.18. The first kappa shape index (κ1) is 18.2. The van der Waals surface area contributed by atoms with E-state index in [1.165, 1.54) is 0 Å². The highest BCUT2D eigenvalue weighted by molar-refractivity contribution is 6.31. The number of hydrogen-bond donors (Lipinski definition) is 0. The molecule has 0 saturated carbocycles. The average Bonchev–Trinajstić information content (AvgIpc) is 3.32. The van der Waals surface area contributed by atoms with E-state index in [4.69, 9.17) is 11.6 Å². The van der Waals surface area contributed by atoms with E-state index in [2.05, 4.69) is 15.3 Å². The first-order chi connectivity index (χ1) is 12.4. The summed E-state index contributed by atoms with van der Waals surface area (Å²) in [7, 11) is 1.74. The van der Waals surface area contributed by atoms with Gasteiger partial charge >= 0.3 is 0 Å². The van der Waals surface area contributed by atoms with E-state index in [1.807, 2.05) is 37.7 Å². The van der Waals surface area contributed by atoms with Crippen molar-refractivity contribution in [2.24, 2.45) is 0 Å². The molecule has 0 aromatic carbocycles. The summed E-state index contributed by atoms with van der Waals surface area (Å²) in [6.07, 6.45) is 3.67. The van der Waals surface area contributed by atoms with Gasteiger partial charge in [0, 0.05) is 26.0 Å². The van der Waals surface area contributed by atoms with E-state index < -0.39 is 0 Å². The summed E-state index contributed by atoms with van der Waals surface area (Å²) >= 11 is 6.17. The van der Waals surface area contributed by atoms with Crippen LogP contribution in [0.5, 0.6) is 0 Å². The van der Waals surface area contributed by atoms with Crippen LogP contribution >= 0.6 is 11.6 Å². The van der Waals surface area contributed by atoms with Crippen LogP contribution in [0, 0.1) is 13.8 Å². The van der Waals surface area contributed by atoms with Crippen LogP contribution in [0.4, 0.5) is 0 Å². The van der Waals surface area contributed by atoms with Crippen molar-refractivity contribution in [2.45, 2.75) is 40.5 Å². The molecular formula is C17H22ClN7O. The minimum atomic E-state index is -0.152. The Kier molecular flexibility index (Phi) is 5.13. The van der Waals surface area contributed by atoms with Gasteiger partial charge in [0.05, 0.1) is 28.6 Å². The third-order valence-corrected chi connectivity index (χ3v) is 4.74. The lowest BCUT2D eigenvalue weighted by Crippen LogP contribution is -2.27. The normalized spacial score (nSPS) is 11.1. The molecule has 0 aliphatic rings. The molecule has 0 atom stereocenters. The Labute approximate surface area is 157 Å². The van der Waals surface area contributed by atoms with Gasteiger partial charge < -0.3 is 4.90 Å². The first-order valence-corrected chi connectivity index (χ1v) is 8.77. The fraction of sp³-hybridized carbons (Fsp3) is 0.412. The average molecular weight is 376 g/mol. The zero-order chi connectivity index (χ0) is 18.8. The van der Waals surface area contributed by atoms with Crippen molar-refractivity contribution in [3.8, 4) is 0 Å². The number of nitrogens with zero attached hydrogens (tertiary/aromatic N) is 7. The van der Waals surface area contributed by atoms with E-state index >= 15 is 0 Å². The van der Waals surface area contributed by atoms with Gasteiger partial charge in [-0.1, -0.05) is 11.6 Å². The molecule has 0 spiro atoms. The van der Waals surface area contributed by atoms with E-state index in [9.17, 15) is 4.79 Å². The Morgan fingerprint density at radius 1 is 1.15 bits per heavy atom. The number of hydrogen-bond acceptors (Lipinski definition) is 4. The quantitative estimate of drug-likeness (QED) is 0.662. The van der Waals surface area contributed by atoms with Gasteiger partial charge in [0.15, 0.2) is 0 Å². The molecule has 0 radical (unpaired) electrons. The molecule has 1 amide bonds. The number of aromatic nitrogens is 6. The van der Waals surface area contributed by atoms with E-state index in [1.54, 1.807) is 33.6 Å². The second kappa shape index (κ2) is 7.33. The molecule has 3 heterocycles. The Morgan fingerprint density at radius 2 is 1.88 bits per heavy atom. The van der Waals surface area contributed by atoms with Crippen LogP contribution in [-0.4, -0.2) is 47.2 Å². The Bertz CT molecular complexity index is 924. The molecule has 8 nitrogen and oxygen atoms in total. The predicted molar refractivity (Wildman–Crippen MR) is 98.0 cm³/mol. The van der Waals surface area contributed by atoms with Crippen LogP contribution in [0.1, 0.15) is 34.5 Å². The van der Waals surface area contributed by atoms with E-state index in [-0.39, 0.29) is 5.91 Å². The molecule has 3 aromatic heterocycles. The zero-order valence-electron chi connectivity index (χ0n) is 15.3. The molecule has 138 valence electrons. The number of carbonyl (C=O) groups is 1. The lowest BCUT2D eigenvalue weighted by molar-refractivity contribution is 0.0776. The van der Waals surface area contributed by atoms with Crippen molar-refractivity contribution in [3.05, 3.63) is 52.3 Å². The Balaban J connectivity index is 1.68. The van der Waals surface area contributed by atoms with Crippen LogP contribution < -0.4 is 0 Å². The number of aryl methyl sites for hydroxylation is 2. The van der Waals surface area contributed by atoms with Crippen molar-refractivity contribution in [3.63, 3.8) is 0 Å². The fourth-order valence-corrected chi connectivity index (χ4v) is 2.81. The molecule has 0 saturated heterocycles. The van der Waals surface area contributed by atoms with Gasteiger partial charge in [0.2, 0.25) is 0 Å². The van der Waals surface area contributed by atoms with Crippen molar-refractivity contribution in [1.29, 1.82) is 0 Å². The maximum atomic E-state index is 12.6. The summed E-state index contributed by atoms with van der Waals surface area (Å²) in [5.74, 6) is -0.152. The lowest BCUT2D eigenvalue weighted by atomic mass is 10.3. The fourth-order valence-electron chi connectivity index (χ4n) is 2.68. The van der Waals surface area contributed by atoms with Crippen molar-refractivity contribution < 1.29 is 4.79 Å². The second-order valence-electron chi connectivity index (χ2n) is 6.19. The summed E-state index contributed by atoms with van der Waals surface area (Å²) in [6.45, 7) is 7.43. The Hall–Kier alpha value is -2.61. The highest BCUT2D eigenvalue weighted by atomic mass is 35.5. The zero-order valence-corrected chi connectivity index (χ0v) is 16.1. The monoisotopic (exact) mass is 375 g/mol. The number of halogens is 1. The standard InChI is InChI=1S/C17H22ClN7O/c1-5-23-8-6-14(20-23)10-22(4)17(26)15-7-9-24(21-15)11-25-13(3)16(18)12(2)19-25/h6-9H,5,10-11H2,1-4H3. The smallest absolute Gasteiger partial charge is 0.274 e. The molecule has 3 aromatic rings. The predicted octanol–water partition coefficient (Wildman–Crippen LogP) is 2.34. The van der Waals surface area contributed by atoms with Crippen LogP contribution in [0.25, 0.3) is 0 Å². The number of rotatable bonds is 6. The number of amides is 1. The molecule has 26 heavy (non-hydrogen) atoms. The molecule has 0 unspecified atom stereocenters. The van der Waals surface area contributed by atoms with E-state index in [0.29, 0.717) is 23.9 Å². The summed E-state index contributed by atoms with van der Waals surface area (Å²) in [4.78, 5) is 14.2. The number of carbonyl (C=O) groups excluding carboxylic acids is 1. The minimum Gasteiger partial charge on any atom is -0.334 e. The van der Waals surface area contributed by atoms with Crippen molar-refractivity contribution in [1.82, 2.24) is 34.2 Å². The minimum absolute atomic E-state index is 0.152. The third-order valence-electron chi connectivity index (χ3n) is 4.20.